The summed E-state index contributed by atoms with van der Waals surface area (Å²) in [5.74, 6) is 0.716. The van der Waals surface area contributed by atoms with E-state index in [9.17, 15) is 13.0 Å². The van der Waals surface area contributed by atoms with Gasteiger partial charge in [-0.05, 0) is 57.3 Å². The van der Waals surface area contributed by atoms with E-state index in [0.717, 1.165) is 21.9 Å². The molecule has 0 amide bonds. The van der Waals surface area contributed by atoms with E-state index < -0.39 is 10.1 Å². The summed E-state index contributed by atoms with van der Waals surface area (Å²) in [4.78, 5) is -0.128. The second-order valence-electron chi connectivity index (χ2n) is 7.10. The maximum atomic E-state index is 11.6. The monoisotopic (exact) mass is 356 g/mol. The first-order valence-corrected chi connectivity index (χ1v) is 9.51. The Balaban J connectivity index is 0.00000288. The number of hydrogen-bond acceptors (Lipinski definition) is 3. The van der Waals surface area contributed by atoms with Crippen LogP contribution in [0.2, 0.25) is 0 Å². The van der Waals surface area contributed by atoms with Gasteiger partial charge >= 0.3 is 29.6 Å². The predicted molar refractivity (Wildman–Crippen MR) is 94.2 cm³/mol. The van der Waals surface area contributed by atoms with E-state index in [4.69, 9.17) is 0 Å². The number of benzene rings is 2. The SMILES string of the molecule is CC(C)c1ccc(C(C)C)c2c(C(C)C)cc(S(=O)(=O)[O-])cc12.[Na+]. The summed E-state index contributed by atoms with van der Waals surface area (Å²) in [5.41, 5.74) is 3.21. The number of hydrogen-bond donors (Lipinski definition) is 0. The molecule has 0 heterocycles. The van der Waals surface area contributed by atoms with Crippen molar-refractivity contribution in [1.82, 2.24) is 0 Å². The molecule has 0 aliphatic carbocycles. The Morgan fingerprint density at radius 3 is 1.67 bits per heavy atom. The molecule has 0 spiro atoms. The minimum absolute atomic E-state index is 0. The first-order valence-electron chi connectivity index (χ1n) is 8.10. The largest absolute Gasteiger partial charge is 1.00 e. The topological polar surface area (TPSA) is 57.2 Å². The van der Waals surface area contributed by atoms with Crippen LogP contribution in [0.5, 0.6) is 0 Å². The molecular weight excluding hydrogens is 331 g/mol. The van der Waals surface area contributed by atoms with Gasteiger partial charge in [0.15, 0.2) is 0 Å². The molecule has 0 saturated heterocycles. The fourth-order valence-corrected chi connectivity index (χ4v) is 3.66. The molecule has 0 fully saturated rings. The third kappa shape index (κ3) is 4.23. The van der Waals surface area contributed by atoms with Gasteiger partial charge in [-0.15, -0.1) is 0 Å². The van der Waals surface area contributed by atoms with Gasteiger partial charge in [0, 0.05) is 0 Å². The Kier molecular flexibility index (Phi) is 7.11. The van der Waals surface area contributed by atoms with Crippen LogP contribution in [0.4, 0.5) is 0 Å². The molecule has 3 nitrogen and oxygen atoms in total. The summed E-state index contributed by atoms with van der Waals surface area (Å²) in [6.45, 7) is 12.5. The van der Waals surface area contributed by atoms with Crippen LogP contribution in [0.15, 0.2) is 29.2 Å². The molecule has 0 aromatic heterocycles. The van der Waals surface area contributed by atoms with Crippen molar-refractivity contribution >= 4 is 20.9 Å². The molecule has 0 N–H and O–H groups in total. The Hall–Kier alpha value is -0.390. The summed E-state index contributed by atoms with van der Waals surface area (Å²) in [6.07, 6.45) is 0. The molecular formula is C19H25NaO3S. The fraction of sp³-hybridized carbons (Fsp3) is 0.474. The predicted octanol–water partition coefficient (Wildman–Crippen LogP) is 2.12. The van der Waals surface area contributed by atoms with E-state index >= 15 is 0 Å². The molecule has 0 bridgehead atoms. The van der Waals surface area contributed by atoms with Crippen molar-refractivity contribution in [2.45, 2.75) is 64.2 Å². The maximum Gasteiger partial charge on any atom is 1.00 e. The van der Waals surface area contributed by atoms with Gasteiger partial charge in [0.25, 0.3) is 0 Å². The van der Waals surface area contributed by atoms with Gasteiger partial charge in [0.05, 0.1) is 4.90 Å². The van der Waals surface area contributed by atoms with Crippen molar-refractivity contribution in [3.63, 3.8) is 0 Å². The van der Waals surface area contributed by atoms with Crippen LogP contribution in [0.25, 0.3) is 10.8 Å². The zero-order valence-electron chi connectivity index (χ0n) is 15.7. The van der Waals surface area contributed by atoms with Crippen molar-refractivity contribution in [2.75, 3.05) is 0 Å². The Morgan fingerprint density at radius 1 is 0.792 bits per heavy atom. The average molecular weight is 356 g/mol. The van der Waals surface area contributed by atoms with Crippen molar-refractivity contribution in [3.05, 3.63) is 41.0 Å². The molecule has 0 atom stereocenters. The summed E-state index contributed by atoms with van der Waals surface area (Å²) in [6, 6.07) is 7.32. The van der Waals surface area contributed by atoms with Gasteiger partial charge in [0.2, 0.25) is 0 Å². The minimum atomic E-state index is -4.48. The van der Waals surface area contributed by atoms with E-state index in [1.807, 2.05) is 13.8 Å². The molecule has 24 heavy (non-hydrogen) atoms. The molecule has 2 aromatic carbocycles. The van der Waals surface area contributed by atoms with Gasteiger partial charge in [-0.1, -0.05) is 53.7 Å². The van der Waals surface area contributed by atoms with Crippen LogP contribution in [-0.4, -0.2) is 13.0 Å². The van der Waals surface area contributed by atoms with Gasteiger partial charge in [-0.25, -0.2) is 8.42 Å². The fourth-order valence-electron chi connectivity index (χ4n) is 3.12. The summed E-state index contributed by atoms with van der Waals surface area (Å²) in [5, 5.41) is 2.00. The van der Waals surface area contributed by atoms with Crippen molar-refractivity contribution < 1.29 is 42.5 Å². The second kappa shape index (κ2) is 7.88. The molecule has 0 aliphatic rings. The van der Waals surface area contributed by atoms with Gasteiger partial charge < -0.3 is 4.55 Å². The quantitative estimate of drug-likeness (QED) is 0.623. The molecule has 0 aliphatic heterocycles. The zero-order valence-corrected chi connectivity index (χ0v) is 18.5. The summed E-state index contributed by atoms with van der Waals surface area (Å²) >= 11 is 0. The van der Waals surface area contributed by atoms with Gasteiger partial charge in [-0.3, -0.25) is 0 Å². The first kappa shape index (κ1) is 21.7. The molecule has 2 rings (SSSR count). The van der Waals surface area contributed by atoms with Crippen LogP contribution in [0.1, 0.15) is 76.0 Å². The number of rotatable bonds is 4. The normalized spacial score (nSPS) is 12.2. The van der Waals surface area contributed by atoms with Crippen LogP contribution >= 0.6 is 0 Å². The smallest absolute Gasteiger partial charge is 0.744 e. The Bertz CT molecular complexity index is 837. The van der Waals surface area contributed by atoms with Crippen LogP contribution in [0.3, 0.4) is 0 Å². The third-order valence-corrected chi connectivity index (χ3v) is 5.15. The minimum Gasteiger partial charge on any atom is -0.744 e. The molecule has 5 heteroatoms. The van der Waals surface area contributed by atoms with E-state index in [1.54, 1.807) is 12.1 Å². The van der Waals surface area contributed by atoms with Crippen LogP contribution < -0.4 is 29.6 Å². The van der Waals surface area contributed by atoms with E-state index in [2.05, 4.69) is 39.8 Å². The van der Waals surface area contributed by atoms with Gasteiger partial charge in [-0.2, -0.15) is 0 Å². The Labute approximate surface area is 167 Å². The maximum absolute atomic E-state index is 11.6. The van der Waals surface area contributed by atoms with E-state index in [-0.39, 0.29) is 46.3 Å². The van der Waals surface area contributed by atoms with Crippen LogP contribution in [-0.2, 0) is 10.1 Å². The molecule has 126 valence electrons. The summed E-state index contributed by atoms with van der Waals surface area (Å²) < 4.78 is 34.8. The zero-order chi connectivity index (χ0) is 17.5. The number of fused-ring (bicyclic) bond motifs is 1. The second-order valence-corrected chi connectivity index (χ2v) is 8.48. The molecule has 2 aromatic rings. The molecule has 0 unspecified atom stereocenters. The van der Waals surface area contributed by atoms with Crippen molar-refractivity contribution in [2.24, 2.45) is 0 Å². The molecule has 0 radical (unpaired) electrons. The van der Waals surface area contributed by atoms with E-state index in [0.29, 0.717) is 5.92 Å². The standard InChI is InChI=1S/C19H26O3S.Na/c1-11(2)15-7-8-16(12(3)4)19-17(13(5)6)9-14(10-18(15)19)23(20,21)22;/h7-13H,1-6H3,(H,20,21,22);/q;+1/p-1. The van der Waals surface area contributed by atoms with Gasteiger partial charge in [0.1, 0.15) is 10.1 Å². The molecule has 0 saturated carbocycles. The van der Waals surface area contributed by atoms with Crippen molar-refractivity contribution in [3.8, 4) is 0 Å². The van der Waals surface area contributed by atoms with E-state index in [1.165, 1.54) is 5.56 Å². The van der Waals surface area contributed by atoms with Crippen LogP contribution in [0, 0.1) is 0 Å². The Morgan fingerprint density at radius 2 is 1.25 bits per heavy atom. The van der Waals surface area contributed by atoms with Crippen molar-refractivity contribution in [1.29, 1.82) is 0 Å². The first-order chi connectivity index (χ1) is 10.5. The summed E-state index contributed by atoms with van der Waals surface area (Å²) in [7, 11) is -4.48. The third-order valence-electron chi connectivity index (χ3n) is 4.34. The average Bonchev–Trinajstić information content (AvgIpc) is 2.43.